The maximum atomic E-state index is 11.7. The average molecular weight is 253 g/mol. The fourth-order valence-corrected chi connectivity index (χ4v) is 1.86. The van der Waals surface area contributed by atoms with Crippen molar-refractivity contribution in [2.75, 3.05) is 0 Å². The third kappa shape index (κ3) is 2.86. The Morgan fingerprint density at radius 3 is 2.59 bits per heavy atom. The van der Waals surface area contributed by atoms with Gasteiger partial charge in [0.1, 0.15) is 5.82 Å². The van der Waals surface area contributed by atoms with Gasteiger partial charge in [-0.3, -0.25) is 4.79 Å². The molecule has 0 atom stereocenters. The van der Waals surface area contributed by atoms with Crippen molar-refractivity contribution in [2.45, 2.75) is 34.1 Å². The van der Waals surface area contributed by atoms with Gasteiger partial charge in [0.05, 0.1) is 10.9 Å². The predicted octanol–water partition coefficient (Wildman–Crippen LogP) is 3.47. The summed E-state index contributed by atoms with van der Waals surface area (Å²) in [4.78, 5) is 18.8. The van der Waals surface area contributed by atoms with Gasteiger partial charge in [-0.15, -0.1) is 0 Å². The van der Waals surface area contributed by atoms with Crippen molar-refractivity contribution in [3.8, 4) is 0 Å². The van der Waals surface area contributed by atoms with Crippen molar-refractivity contribution in [1.82, 2.24) is 9.97 Å². The number of aromatic nitrogens is 2. The van der Waals surface area contributed by atoms with Crippen molar-refractivity contribution >= 4 is 22.5 Å². The van der Waals surface area contributed by atoms with Crippen LogP contribution in [-0.4, -0.2) is 9.97 Å². The van der Waals surface area contributed by atoms with Gasteiger partial charge < -0.3 is 4.98 Å². The molecule has 0 amide bonds. The maximum absolute atomic E-state index is 11.7. The SMILES string of the molecule is CC.CCc1nc2c(C)cc(Cl)cc2c(=O)[nH]1. The number of H-pyrrole nitrogens is 1. The van der Waals surface area contributed by atoms with Crippen LogP contribution >= 0.6 is 11.6 Å². The van der Waals surface area contributed by atoms with E-state index in [1.54, 1.807) is 6.07 Å². The van der Waals surface area contributed by atoms with Crippen LogP contribution in [0, 0.1) is 6.92 Å². The second-order valence-corrected chi connectivity index (χ2v) is 3.92. The molecule has 2 aromatic rings. The second-order valence-electron chi connectivity index (χ2n) is 3.49. The van der Waals surface area contributed by atoms with Crippen molar-refractivity contribution in [3.63, 3.8) is 0 Å². The topological polar surface area (TPSA) is 45.8 Å². The molecule has 0 saturated carbocycles. The number of rotatable bonds is 1. The normalized spacial score (nSPS) is 9.94. The third-order valence-corrected chi connectivity index (χ3v) is 2.57. The molecule has 0 saturated heterocycles. The van der Waals surface area contributed by atoms with E-state index in [2.05, 4.69) is 9.97 Å². The molecule has 1 heterocycles. The van der Waals surface area contributed by atoms with Crippen LogP contribution in [0.1, 0.15) is 32.2 Å². The van der Waals surface area contributed by atoms with Crippen molar-refractivity contribution in [1.29, 1.82) is 0 Å². The van der Waals surface area contributed by atoms with E-state index < -0.39 is 0 Å². The number of nitrogens with one attached hydrogen (secondary N) is 1. The molecule has 3 nitrogen and oxygen atoms in total. The molecule has 17 heavy (non-hydrogen) atoms. The Morgan fingerprint density at radius 1 is 1.35 bits per heavy atom. The fourth-order valence-electron chi connectivity index (χ4n) is 1.59. The lowest BCUT2D eigenvalue weighted by Gasteiger charge is -2.03. The molecule has 0 fully saturated rings. The van der Waals surface area contributed by atoms with Gasteiger partial charge in [-0.25, -0.2) is 4.98 Å². The smallest absolute Gasteiger partial charge is 0.258 e. The molecule has 0 aliphatic heterocycles. The lowest BCUT2D eigenvalue weighted by atomic mass is 10.1. The van der Waals surface area contributed by atoms with Gasteiger partial charge in [0.2, 0.25) is 0 Å². The highest BCUT2D eigenvalue weighted by atomic mass is 35.5. The van der Waals surface area contributed by atoms with Crippen LogP contribution in [0.5, 0.6) is 0 Å². The molecule has 0 radical (unpaired) electrons. The Balaban J connectivity index is 0.000000686. The summed E-state index contributed by atoms with van der Waals surface area (Å²) < 4.78 is 0. The molecular weight excluding hydrogens is 236 g/mol. The molecule has 92 valence electrons. The number of hydrogen-bond acceptors (Lipinski definition) is 2. The van der Waals surface area contributed by atoms with E-state index in [0.717, 1.165) is 11.1 Å². The molecule has 0 unspecified atom stereocenters. The number of aryl methyl sites for hydroxylation is 2. The number of nitrogens with zero attached hydrogens (tertiary/aromatic N) is 1. The Hall–Kier alpha value is -1.35. The molecule has 2 rings (SSSR count). The standard InChI is InChI=1S/C11H11ClN2O.C2H6/c1-3-9-13-10-6(2)4-7(12)5-8(10)11(15)14-9;1-2/h4-5H,3H2,1-2H3,(H,13,14,15);1-2H3. The second kappa shape index (κ2) is 5.82. The molecule has 4 heteroatoms. The van der Waals surface area contributed by atoms with E-state index in [0.29, 0.717) is 22.7 Å². The number of hydrogen-bond donors (Lipinski definition) is 1. The fraction of sp³-hybridized carbons (Fsp3) is 0.385. The summed E-state index contributed by atoms with van der Waals surface area (Å²) in [5, 5.41) is 1.12. The molecule has 0 aliphatic rings. The summed E-state index contributed by atoms with van der Waals surface area (Å²) in [5.74, 6) is 0.706. The number of halogens is 1. The zero-order valence-corrected chi connectivity index (χ0v) is 11.4. The molecule has 0 spiro atoms. The highest BCUT2D eigenvalue weighted by Gasteiger charge is 2.06. The predicted molar refractivity (Wildman–Crippen MR) is 72.8 cm³/mol. The summed E-state index contributed by atoms with van der Waals surface area (Å²) in [6, 6.07) is 3.46. The van der Waals surface area contributed by atoms with Crippen LogP contribution in [-0.2, 0) is 6.42 Å². The lowest BCUT2D eigenvalue weighted by Crippen LogP contribution is -2.11. The van der Waals surface area contributed by atoms with Gasteiger partial charge in [0, 0.05) is 11.4 Å². The van der Waals surface area contributed by atoms with E-state index in [-0.39, 0.29) is 5.56 Å². The third-order valence-electron chi connectivity index (χ3n) is 2.35. The first kappa shape index (κ1) is 13.7. The Labute approximate surface area is 106 Å². The van der Waals surface area contributed by atoms with Crippen molar-refractivity contribution in [3.05, 3.63) is 38.9 Å². The van der Waals surface area contributed by atoms with Gasteiger partial charge in [-0.2, -0.15) is 0 Å². The first-order valence-electron chi connectivity index (χ1n) is 5.81. The number of fused-ring (bicyclic) bond motifs is 1. The largest absolute Gasteiger partial charge is 0.310 e. The minimum Gasteiger partial charge on any atom is -0.310 e. The van der Waals surface area contributed by atoms with Gasteiger partial charge >= 0.3 is 0 Å². The van der Waals surface area contributed by atoms with Gasteiger partial charge in [0.15, 0.2) is 0 Å². The summed E-state index contributed by atoms with van der Waals surface area (Å²) in [7, 11) is 0. The highest BCUT2D eigenvalue weighted by molar-refractivity contribution is 6.31. The Morgan fingerprint density at radius 2 is 2.00 bits per heavy atom. The van der Waals surface area contributed by atoms with Crippen LogP contribution in [0.15, 0.2) is 16.9 Å². The van der Waals surface area contributed by atoms with Crippen LogP contribution in [0.4, 0.5) is 0 Å². The van der Waals surface area contributed by atoms with E-state index in [4.69, 9.17) is 11.6 Å². The monoisotopic (exact) mass is 252 g/mol. The minimum absolute atomic E-state index is 0.123. The zero-order valence-electron chi connectivity index (χ0n) is 10.6. The van der Waals surface area contributed by atoms with E-state index in [9.17, 15) is 4.79 Å². The number of benzene rings is 1. The molecule has 1 aromatic carbocycles. The Bertz CT molecular complexity index is 575. The van der Waals surface area contributed by atoms with E-state index >= 15 is 0 Å². The highest BCUT2D eigenvalue weighted by Crippen LogP contribution is 2.19. The van der Waals surface area contributed by atoms with Gasteiger partial charge in [-0.1, -0.05) is 32.4 Å². The molecule has 1 N–H and O–H groups in total. The zero-order chi connectivity index (χ0) is 13.0. The van der Waals surface area contributed by atoms with Gasteiger partial charge in [0.25, 0.3) is 5.56 Å². The maximum Gasteiger partial charge on any atom is 0.258 e. The van der Waals surface area contributed by atoms with Crippen LogP contribution < -0.4 is 5.56 Å². The molecule has 0 aliphatic carbocycles. The summed E-state index contributed by atoms with van der Waals surface area (Å²) >= 11 is 5.89. The molecular formula is C13H17ClN2O. The summed E-state index contributed by atoms with van der Waals surface area (Å²) in [5.41, 5.74) is 1.54. The molecule has 0 bridgehead atoms. The Kier molecular flexibility index (Phi) is 4.70. The van der Waals surface area contributed by atoms with Gasteiger partial charge in [-0.05, 0) is 24.6 Å². The number of aromatic amines is 1. The first-order chi connectivity index (χ1) is 8.11. The van der Waals surface area contributed by atoms with Crippen LogP contribution in [0.3, 0.4) is 0 Å². The van der Waals surface area contributed by atoms with E-state index in [1.807, 2.05) is 33.8 Å². The van der Waals surface area contributed by atoms with Crippen molar-refractivity contribution in [2.24, 2.45) is 0 Å². The van der Waals surface area contributed by atoms with Crippen molar-refractivity contribution < 1.29 is 0 Å². The lowest BCUT2D eigenvalue weighted by molar-refractivity contribution is 0.942. The van der Waals surface area contributed by atoms with E-state index in [1.165, 1.54) is 0 Å². The summed E-state index contributed by atoms with van der Waals surface area (Å²) in [6.45, 7) is 7.86. The van der Waals surface area contributed by atoms with Crippen LogP contribution in [0.25, 0.3) is 10.9 Å². The first-order valence-corrected chi connectivity index (χ1v) is 6.18. The molecule has 1 aromatic heterocycles. The summed E-state index contributed by atoms with van der Waals surface area (Å²) in [6.07, 6.45) is 0.716. The average Bonchev–Trinajstić information content (AvgIpc) is 2.33. The van der Waals surface area contributed by atoms with Crippen LogP contribution in [0.2, 0.25) is 5.02 Å². The minimum atomic E-state index is -0.123. The quantitative estimate of drug-likeness (QED) is 0.845.